The van der Waals surface area contributed by atoms with Gasteiger partial charge in [-0.05, 0) is 6.92 Å². The van der Waals surface area contributed by atoms with Gasteiger partial charge in [0.05, 0.1) is 13.2 Å². The molecule has 1 aliphatic rings. The van der Waals surface area contributed by atoms with E-state index < -0.39 is 0 Å². The molecule has 1 aliphatic heterocycles. The topological polar surface area (TPSA) is 51.4 Å². The number of hydrogen-bond acceptors (Lipinski definition) is 5. The average molecular weight is 250 g/mol. The Morgan fingerprint density at radius 2 is 2.53 bits per heavy atom. The Kier molecular flexibility index (Phi) is 4.79. The van der Waals surface area contributed by atoms with Crippen LogP contribution in [0.3, 0.4) is 0 Å². The molecule has 0 spiro atoms. The fourth-order valence-corrected chi connectivity index (χ4v) is 2.30. The molecule has 1 atom stereocenters. The number of hydrogen-bond donors (Lipinski definition) is 1. The van der Waals surface area contributed by atoms with Gasteiger partial charge in [0.1, 0.15) is 0 Å². The molecule has 0 bridgehead atoms. The van der Waals surface area contributed by atoms with Crippen LogP contribution < -0.4 is 5.73 Å². The van der Waals surface area contributed by atoms with Crippen LogP contribution in [0.4, 0.5) is 5.13 Å². The summed E-state index contributed by atoms with van der Waals surface area (Å²) in [6.45, 7) is 5.79. The first-order chi connectivity index (χ1) is 6.75. The molecule has 0 radical (unpaired) electrons. The van der Waals surface area contributed by atoms with Crippen molar-refractivity contribution in [1.82, 2.24) is 9.88 Å². The van der Waals surface area contributed by atoms with Crippen molar-refractivity contribution in [3.05, 3.63) is 11.1 Å². The fourth-order valence-electron chi connectivity index (χ4n) is 1.59. The Bertz CT molecular complexity index is 307. The van der Waals surface area contributed by atoms with Gasteiger partial charge < -0.3 is 10.5 Å². The summed E-state index contributed by atoms with van der Waals surface area (Å²) < 4.78 is 5.38. The molecule has 2 heterocycles. The van der Waals surface area contributed by atoms with E-state index in [-0.39, 0.29) is 12.4 Å². The van der Waals surface area contributed by atoms with E-state index in [2.05, 4.69) is 16.8 Å². The maximum absolute atomic E-state index is 5.58. The second kappa shape index (κ2) is 5.65. The lowest BCUT2D eigenvalue weighted by molar-refractivity contribution is -0.00393. The van der Waals surface area contributed by atoms with Crippen LogP contribution >= 0.6 is 23.7 Å². The molecule has 4 nitrogen and oxygen atoms in total. The Morgan fingerprint density at radius 3 is 3.13 bits per heavy atom. The van der Waals surface area contributed by atoms with E-state index in [9.17, 15) is 0 Å². The van der Waals surface area contributed by atoms with Crippen LogP contribution in [0.15, 0.2) is 6.20 Å². The highest BCUT2D eigenvalue weighted by Gasteiger charge is 2.19. The second-order valence-corrected chi connectivity index (χ2v) is 4.71. The highest BCUT2D eigenvalue weighted by atomic mass is 35.5. The number of morpholine rings is 1. The molecular formula is C9H16ClN3OS. The number of aromatic nitrogens is 1. The van der Waals surface area contributed by atoms with E-state index in [4.69, 9.17) is 10.5 Å². The van der Waals surface area contributed by atoms with Gasteiger partial charge in [0.25, 0.3) is 0 Å². The monoisotopic (exact) mass is 249 g/mol. The Labute approximate surface area is 99.8 Å². The SMILES string of the molecule is C[C@@H]1COCCN1Cc1cnc(N)s1.Cl. The Morgan fingerprint density at radius 1 is 1.73 bits per heavy atom. The van der Waals surface area contributed by atoms with Crippen LogP contribution in [-0.2, 0) is 11.3 Å². The standard InChI is InChI=1S/C9H15N3OS.ClH/c1-7-6-13-3-2-12(7)5-8-4-11-9(10)14-8;/h4,7H,2-3,5-6H2,1H3,(H2,10,11);1H/t7-;/m1./s1. The number of halogens is 1. The van der Waals surface area contributed by atoms with Crippen LogP contribution in [0.5, 0.6) is 0 Å². The van der Waals surface area contributed by atoms with Crippen LogP contribution in [0.2, 0.25) is 0 Å². The molecule has 1 fully saturated rings. The molecular weight excluding hydrogens is 234 g/mol. The zero-order chi connectivity index (χ0) is 9.97. The van der Waals surface area contributed by atoms with E-state index in [1.807, 2.05) is 6.20 Å². The van der Waals surface area contributed by atoms with Gasteiger partial charge in [-0.25, -0.2) is 4.98 Å². The van der Waals surface area contributed by atoms with Crippen LogP contribution in [0, 0.1) is 0 Å². The van der Waals surface area contributed by atoms with Gasteiger partial charge in [-0.3, -0.25) is 4.90 Å². The van der Waals surface area contributed by atoms with Gasteiger partial charge in [-0.1, -0.05) is 0 Å². The Hall–Kier alpha value is -0.360. The van der Waals surface area contributed by atoms with Crippen molar-refractivity contribution in [2.75, 3.05) is 25.5 Å². The third-order valence-electron chi connectivity index (χ3n) is 2.44. The minimum Gasteiger partial charge on any atom is -0.379 e. The van der Waals surface area contributed by atoms with Gasteiger partial charge in [0.15, 0.2) is 5.13 Å². The zero-order valence-corrected chi connectivity index (χ0v) is 10.3. The summed E-state index contributed by atoms with van der Waals surface area (Å²) in [7, 11) is 0. The minimum absolute atomic E-state index is 0. The molecule has 1 saturated heterocycles. The summed E-state index contributed by atoms with van der Waals surface area (Å²) in [5.41, 5.74) is 5.58. The van der Waals surface area contributed by atoms with E-state index >= 15 is 0 Å². The molecule has 6 heteroatoms. The number of thiazole rings is 1. The predicted octanol–water partition coefficient (Wildman–Crippen LogP) is 1.37. The number of rotatable bonds is 2. The normalized spacial score (nSPS) is 22.3. The summed E-state index contributed by atoms with van der Waals surface area (Å²) in [5, 5.41) is 0.654. The first-order valence-corrected chi connectivity index (χ1v) is 5.59. The first-order valence-electron chi connectivity index (χ1n) is 4.77. The lowest BCUT2D eigenvalue weighted by Gasteiger charge is -2.32. The average Bonchev–Trinajstić information content (AvgIpc) is 2.56. The molecule has 1 aromatic heterocycles. The minimum atomic E-state index is 0. The summed E-state index contributed by atoms with van der Waals surface area (Å²) in [6.07, 6.45) is 1.86. The number of nitrogens with two attached hydrogens (primary N) is 1. The van der Waals surface area contributed by atoms with Crippen molar-refractivity contribution >= 4 is 28.9 Å². The molecule has 2 N–H and O–H groups in total. The summed E-state index contributed by atoms with van der Waals surface area (Å²) >= 11 is 1.57. The van der Waals surface area contributed by atoms with E-state index in [1.165, 1.54) is 4.88 Å². The summed E-state index contributed by atoms with van der Waals surface area (Å²) in [6, 6.07) is 0.493. The van der Waals surface area contributed by atoms with Crippen molar-refractivity contribution in [3.63, 3.8) is 0 Å². The third kappa shape index (κ3) is 3.31. The molecule has 0 aromatic carbocycles. The number of anilines is 1. The zero-order valence-electron chi connectivity index (χ0n) is 8.68. The molecule has 0 saturated carbocycles. The van der Waals surface area contributed by atoms with E-state index in [1.54, 1.807) is 11.3 Å². The molecule has 15 heavy (non-hydrogen) atoms. The number of nitrogen functional groups attached to an aromatic ring is 1. The van der Waals surface area contributed by atoms with Gasteiger partial charge in [0, 0.05) is 30.2 Å². The maximum atomic E-state index is 5.58. The van der Waals surface area contributed by atoms with Gasteiger partial charge in [-0.2, -0.15) is 0 Å². The van der Waals surface area contributed by atoms with Crippen molar-refractivity contribution in [1.29, 1.82) is 0 Å². The quantitative estimate of drug-likeness (QED) is 0.860. The van der Waals surface area contributed by atoms with Crippen LogP contribution in [0.1, 0.15) is 11.8 Å². The third-order valence-corrected chi connectivity index (χ3v) is 3.25. The second-order valence-electron chi connectivity index (χ2n) is 3.56. The summed E-state index contributed by atoms with van der Waals surface area (Å²) in [4.78, 5) is 7.68. The van der Waals surface area contributed by atoms with Gasteiger partial charge in [-0.15, -0.1) is 23.7 Å². The highest BCUT2D eigenvalue weighted by molar-refractivity contribution is 7.15. The van der Waals surface area contributed by atoms with Crippen LogP contribution in [-0.4, -0.2) is 35.7 Å². The summed E-state index contributed by atoms with van der Waals surface area (Å²) in [5.74, 6) is 0. The largest absolute Gasteiger partial charge is 0.379 e. The van der Waals surface area contributed by atoms with E-state index in [0.717, 1.165) is 26.3 Å². The number of nitrogens with zero attached hydrogens (tertiary/aromatic N) is 2. The molecule has 2 rings (SSSR count). The lowest BCUT2D eigenvalue weighted by Crippen LogP contribution is -2.42. The van der Waals surface area contributed by atoms with Crippen molar-refractivity contribution < 1.29 is 4.74 Å². The van der Waals surface area contributed by atoms with Crippen molar-refractivity contribution in [3.8, 4) is 0 Å². The highest BCUT2D eigenvalue weighted by Crippen LogP contribution is 2.18. The van der Waals surface area contributed by atoms with Crippen molar-refractivity contribution in [2.24, 2.45) is 0 Å². The predicted molar refractivity (Wildman–Crippen MR) is 64.5 cm³/mol. The van der Waals surface area contributed by atoms with Crippen molar-refractivity contribution in [2.45, 2.75) is 19.5 Å². The molecule has 86 valence electrons. The molecule has 0 aliphatic carbocycles. The first kappa shape index (κ1) is 12.7. The van der Waals surface area contributed by atoms with E-state index in [0.29, 0.717) is 11.2 Å². The van der Waals surface area contributed by atoms with Crippen LogP contribution in [0.25, 0.3) is 0 Å². The number of ether oxygens (including phenoxy) is 1. The molecule has 0 unspecified atom stereocenters. The van der Waals surface area contributed by atoms with Gasteiger partial charge >= 0.3 is 0 Å². The molecule has 1 aromatic rings. The lowest BCUT2D eigenvalue weighted by atomic mass is 10.2. The smallest absolute Gasteiger partial charge is 0.180 e. The van der Waals surface area contributed by atoms with Gasteiger partial charge in [0.2, 0.25) is 0 Å². The maximum Gasteiger partial charge on any atom is 0.180 e. The molecule has 0 amide bonds. The Balaban J connectivity index is 0.00000112. The fraction of sp³-hybridized carbons (Fsp3) is 0.667.